The number of benzene rings is 2. The van der Waals surface area contributed by atoms with Gasteiger partial charge in [0.05, 0.1) is 14.2 Å². The molecule has 0 unspecified atom stereocenters. The van der Waals surface area contributed by atoms with Crippen molar-refractivity contribution < 1.29 is 14.2 Å². The molecular formula is C15H17NO3. The number of hydrogen-bond acceptors (Lipinski definition) is 4. The molecule has 0 spiro atoms. The second-order valence-electron chi connectivity index (χ2n) is 4.17. The van der Waals surface area contributed by atoms with Crippen LogP contribution in [-0.4, -0.2) is 14.2 Å². The van der Waals surface area contributed by atoms with Crippen molar-refractivity contribution in [2.24, 2.45) is 0 Å². The van der Waals surface area contributed by atoms with Gasteiger partial charge < -0.3 is 19.9 Å². The molecule has 19 heavy (non-hydrogen) atoms. The molecule has 0 aliphatic carbocycles. The number of para-hydroxylation sites is 1. The quantitative estimate of drug-likeness (QED) is 0.855. The number of anilines is 1. The maximum Gasteiger partial charge on any atom is 0.210 e. The topological polar surface area (TPSA) is 53.7 Å². The number of ether oxygens (including phenoxy) is 3. The monoisotopic (exact) mass is 259 g/mol. The highest BCUT2D eigenvalue weighted by Gasteiger charge is 2.12. The van der Waals surface area contributed by atoms with Crippen molar-refractivity contribution in [2.75, 3.05) is 20.0 Å². The summed E-state index contributed by atoms with van der Waals surface area (Å²) in [6.07, 6.45) is 0. The van der Waals surface area contributed by atoms with Crippen LogP contribution in [0.5, 0.6) is 23.0 Å². The lowest BCUT2D eigenvalue weighted by atomic mass is 10.2. The van der Waals surface area contributed by atoms with Crippen LogP contribution in [0.25, 0.3) is 0 Å². The highest BCUT2D eigenvalue weighted by Crippen LogP contribution is 2.40. The van der Waals surface area contributed by atoms with Gasteiger partial charge in [0.2, 0.25) is 5.75 Å². The lowest BCUT2D eigenvalue weighted by Gasteiger charge is -2.14. The molecule has 0 fully saturated rings. The van der Waals surface area contributed by atoms with Gasteiger partial charge in [-0.1, -0.05) is 6.07 Å². The molecule has 2 N–H and O–H groups in total. The van der Waals surface area contributed by atoms with E-state index in [0.29, 0.717) is 28.7 Å². The van der Waals surface area contributed by atoms with E-state index in [1.165, 1.54) is 0 Å². The molecule has 0 amide bonds. The second-order valence-corrected chi connectivity index (χ2v) is 4.17. The summed E-state index contributed by atoms with van der Waals surface area (Å²) in [6, 6.07) is 11.0. The van der Waals surface area contributed by atoms with Gasteiger partial charge in [-0.25, -0.2) is 0 Å². The fraction of sp³-hybridized carbons (Fsp3) is 0.200. The van der Waals surface area contributed by atoms with E-state index < -0.39 is 0 Å². The smallest absolute Gasteiger partial charge is 0.210 e. The van der Waals surface area contributed by atoms with E-state index in [9.17, 15) is 0 Å². The molecule has 100 valence electrons. The van der Waals surface area contributed by atoms with Crippen molar-refractivity contribution in [3.8, 4) is 23.0 Å². The van der Waals surface area contributed by atoms with Crippen LogP contribution in [0.15, 0.2) is 36.4 Å². The van der Waals surface area contributed by atoms with Gasteiger partial charge in [0.15, 0.2) is 11.5 Å². The molecule has 0 radical (unpaired) electrons. The molecule has 4 heteroatoms. The van der Waals surface area contributed by atoms with Gasteiger partial charge >= 0.3 is 0 Å². The Morgan fingerprint density at radius 2 is 1.58 bits per heavy atom. The predicted molar refractivity (Wildman–Crippen MR) is 75.2 cm³/mol. The standard InChI is InChI=1S/C15H17NO3/c1-10-7-11(16)9-12(8-10)19-15-13(17-2)5-4-6-14(15)18-3/h4-9H,16H2,1-3H3. The number of aryl methyl sites for hydroxylation is 1. The molecule has 0 bridgehead atoms. The fourth-order valence-corrected chi connectivity index (χ4v) is 1.87. The Kier molecular flexibility index (Phi) is 3.80. The fourth-order valence-electron chi connectivity index (χ4n) is 1.87. The molecule has 4 nitrogen and oxygen atoms in total. The Labute approximate surface area is 112 Å². The summed E-state index contributed by atoms with van der Waals surface area (Å²) >= 11 is 0. The number of nitrogens with two attached hydrogens (primary N) is 1. The lowest BCUT2D eigenvalue weighted by Crippen LogP contribution is -1.95. The van der Waals surface area contributed by atoms with E-state index in [4.69, 9.17) is 19.9 Å². The zero-order valence-corrected chi connectivity index (χ0v) is 11.3. The third-order valence-electron chi connectivity index (χ3n) is 2.68. The summed E-state index contributed by atoms with van der Waals surface area (Å²) in [7, 11) is 3.18. The van der Waals surface area contributed by atoms with Crippen molar-refractivity contribution in [1.82, 2.24) is 0 Å². The van der Waals surface area contributed by atoms with Gasteiger partial charge in [-0.2, -0.15) is 0 Å². The summed E-state index contributed by atoms with van der Waals surface area (Å²) in [4.78, 5) is 0. The summed E-state index contributed by atoms with van der Waals surface area (Å²) < 4.78 is 16.4. The average molecular weight is 259 g/mol. The number of hydrogen-bond donors (Lipinski definition) is 1. The van der Waals surface area contributed by atoms with Gasteiger partial charge in [-0.05, 0) is 36.8 Å². The van der Waals surface area contributed by atoms with Crippen molar-refractivity contribution >= 4 is 5.69 Å². The van der Waals surface area contributed by atoms with Crippen LogP contribution in [0.1, 0.15) is 5.56 Å². The number of rotatable bonds is 4. The van der Waals surface area contributed by atoms with Crippen LogP contribution in [0.2, 0.25) is 0 Å². The molecule has 0 atom stereocenters. The first-order valence-corrected chi connectivity index (χ1v) is 5.90. The van der Waals surface area contributed by atoms with Crippen molar-refractivity contribution in [2.45, 2.75) is 6.92 Å². The molecule has 0 aliphatic heterocycles. The largest absolute Gasteiger partial charge is 0.493 e. The summed E-state index contributed by atoms with van der Waals surface area (Å²) in [5.74, 6) is 2.41. The normalized spacial score (nSPS) is 10.1. The minimum atomic E-state index is 0.539. The predicted octanol–water partition coefficient (Wildman–Crippen LogP) is 3.39. The number of nitrogen functional groups attached to an aromatic ring is 1. The van der Waals surface area contributed by atoms with Crippen LogP contribution in [-0.2, 0) is 0 Å². The van der Waals surface area contributed by atoms with E-state index >= 15 is 0 Å². The molecule has 0 saturated carbocycles. The Hall–Kier alpha value is -2.36. The molecule has 2 rings (SSSR count). The average Bonchev–Trinajstić information content (AvgIpc) is 2.37. The van der Waals surface area contributed by atoms with Crippen molar-refractivity contribution in [3.63, 3.8) is 0 Å². The van der Waals surface area contributed by atoms with Gasteiger partial charge in [0.1, 0.15) is 5.75 Å². The maximum atomic E-state index is 5.85. The van der Waals surface area contributed by atoms with Crippen LogP contribution < -0.4 is 19.9 Å². The Bertz CT molecular complexity index is 539. The molecular weight excluding hydrogens is 242 g/mol. The molecule has 0 aromatic heterocycles. The zero-order chi connectivity index (χ0) is 13.8. The Morgan fingerprint density at radius 3 is 2.11 bits per heavy atom. The molecule has 2 aromatic carbocycles. The summed E-state index contributed by atoms with van der Waals surface area (Å²) in [5, 5.41) is 0. The highest BCUT2D eigenvalue weighted by molar-refractivity contribution is 5.55. The van der Waals surface area contributed by atoms with Gasteiger partial charge in [-0.15, -0.1) is 0 Å². The molecule has 0 saturated heterocycles. The SMILES string of the molecule is COc1cccc(OC)c1Oc1cc(C)cc(N)c1. The van der Waals surface area contributed by atoms with E-state index in [1.54, 1.807) is 20.3 Å². The van der Waals surface area contributed by atoms with Crippen molar-refractivity contribution in [3.05, 3.63) is 42.0 Å². The molecule has 0 heterocycles. The van der Waals surface area contributed by atoms with Crippen molar-refractivity contribution in [1.29, 1.82) is 0 Å². The first-order valence-electron chi connectivity index (χ1n) is 5.90. The Balaban J connectivity index is 2.41. The second kappa shape index (κ2) is 5.52. The minimum absolute atomic E-state index is 0.539. The summed E-state index contributed by atoms with van der Waals surface area (Å²) in [6.45, 7) is 1.96. The summed E-state index contributed by atoms with van der Waals surface area (Å²) in [5.41, 5.74) is 7.50. The van der Waals surface area contributed by atoms with E-state index in [-0.39, 0.29) is 0 Å². The first-order chi connectivity index (χ1) is 9.13. The van der Waals surface area contributed by atoms with E-state index in [1.807, 2.05) is 37.3 Å². The maximum absolute atomic E-state index is 5.85. The van der Waals surface area contributed by atoms with Crippen LogP contribution in [0.4, 0.5) is 5.69 Å². The minimum Gasteiger partial charge on any atom is -0.493 e. The Morgan fingerprint density at radius 1 is 0.947 bits per heavy atom. The van der Waals surface area contributed by atoms with Crippen LogP contribution in [0, 0.1) is 6.92 Å². The third kappa shape index (κ3) is 2.91. The van der Waals surface area contributed by atoms with Crippen LogP contribution in [0.3, 0.4) is 0 Å². The van der Waals surface area contributed by atoms with Crippen LogP contribution >= 0.6 is 0 Å². The van der Waals surface area contributed by atoms with E-state index in [2.05, 4.69) is 0 Å². The molecule has 0 aliphatic rings. The highest BCUT2D eigenvalue weighted by atomic mass is 16.5. The van der Waals surface area contributed by atoms with Gasteiger partial charge in [0.25, 0.3) is 0 Å². The van der Waals surface area contributed by atoms with E-state index in [0.717, 1.165) is 5.56 Å². The van der Waals surface area contributed by atoms with Gasteiger partial charge in [-0.3, -0.25) is 0 Å². The third-order valence-corrected chi connectivity index (χ3v) is 2.68. The lowest BCUT2D eigenvalue weighted by molar-refractivity contribution is 0.346. The molecule has 2 aromatic rings. The zero-order valence-electron chi connectivity index (χ0n) is 11.3. The van der Waals surface area contributed by atoms with Gasteiger partial charge in [0, 0.05) is 11.8 Å². The first kappa shape index (κ1) is 13.1. The number of methoxy groups -OCH3 is 2.